The third-order valence-corrected chi connectivity index (χ3v) is 2.98. The van der Waals surface area contributed by atoms with E-state index >= 15 is 0 Å². The van der Waals surface area contributed by atoms with Crippen LogP contribution in [0.1, 0.15) is 16.2 Å². The molecular weight excluding hydrogens is 282 g/mol. The number of nitrogens with two attached hydrogens (primary N) is 1. The minimum absolute atomic E-state index is 0.217. The molecule has 0 saturated heterocycles. The molecule has 0 spiro atoms. The highest BCUT2D eigenvalue weighted by atomic mass is 16.5. The van der Waals surface area contributed by atoms with E-state index in [1.54, 1.807) is 12.1 Å². The Bertz CT molecular complexity index is 784. The zero-order valence-corrected chi connectivity index (χ0v) is 11.6. The number of hydrogen-bond donors (Lipinski definition) is 1. The Morgan fingerprint density at radius 3 is 2.68 bits per heavy atom. The summed E-state index contributed by atoms with van der Waals surface area (Å²) in [5.74, 6) is -0.00780. The number of rotatable bonds is 5. The second-order valence-electron chi connectivity index (χ2n) is 4.59. The summed E-state index contributed by atoms with van der Waals surface area (Å²) >= 11 is 0. The van der Waals surface area contributed by atoms with Gasteiger partial charge in [-0.1, -0.05) is 47.6 Å². The highest BCUT2D eigenvalue weighted by Crippen LogP contribution is 2.22. The zero-order chi connectivity index (χ0) is 15.4. The van der Waals surface area contributed by atoms with E-state index in [0.29, 0.717) is 23.7 Å². The molecule has 0 aliphatic rings. The van der Waals surface area contributed by atoms with Crippen LogP contribution in [0, 0.1) is 0 Å². The lowest BCUT2D eigenvalue weighted by atomic mass is 10.2. The van der Waals surface area contributed by atoms with Gasteiger partial charge in [-0.3, -0.25) is 4.79 Å². The molecule has 0 saturated carbocycles. The second kappa shape index (κ2) is 6.09. The van der Waals surface area contributed by atoms with Gasteiger partial charge in [0, 0.05) is 5.56 Å². The molecule has 0 bridgehead atoms. The summed E-state index contributed by atoms with van der Waals surface area (Å²) in [5.41, 5.74) is 6.84. The lowest BCUT2D eigenvalue weighted by molar-refractivity contribution is 0.0958. The fraction of sp³-hybridized carbons (Fsp3) is 0.0625. The standard InChI is InChI=1S/C16H13N3O3/c17-14(20)16-18-15(19-22-16)12-7-4-8-13(9-12)21-10-11-5-2-1-3-6-11/h1-9H,10H2,(H2,17,20). The van der Waals surface area contributed by atoms with Crippen LogP contribution in [0.25, 0.3) is 11.4 Å². The maximum absolute atomic E-state index is 11.0. The summed E-state index contributed by atoms with van der Waals surface area (Å²) < 4.78 is 10.5. The Morgan fingerprint density at radius 1 is 1.14 bits per heavy atom. The highest BCUT2D eigenvalue weighted by Gasteiger charge is 2.13. The molecular formula is C16H13N3O3. The van der Waals surface area contributed by atoms with Gasteiger partial charge in [0.2, 0.25) is 5.82 Å². The number of primary amides is 1. The van der Waals surface area contributed by atoms with Crippen molar-refractivity contribution in [3.8, 4) is 17.1 Å². The van der Waals surface area contributed by atoms with Gasteiger partial charge in [-0.25, -0.2) is 0 Å². The van der Waals surface area contributed by atoms with Crippen molar-refractivity contribution in [2.75, 3.05) is 0 Å². The SMILES string of the molecule is NC(=O)c1nc(-c2cccc(OCc3ccccc3)c2)no1. The fourth-order valence-electron chi connectivity index (χ4n) is 1.91. The van der Waals surface area contributed by atoms with Crippen LogP contribution >= 0.6 is 0 Å². The molecule has 110 valence electrons. The third-order valence-electron chi connectivity index (χ3n) is 2.98. The second-order valence-corrected chi connectivity index (χ2v) is 4.59. The van der Waals surface area contributed by atoms with Crippen LogP contribution in [0.3, 0.4) is 0 Å². The van der Waals surface area contributed by atoms with Crippen molar-refractivity contribution in [1.82, 2.24) is 10.1 Å². The zero-order valence-electron chi connectivity index (χ0n) is 11.6. The van der Waals surface area contributed by atoms with Crippen molar-refractivity contribution in [2.24, 2.45) is 5.73 Å². The van der Waals surface area contributed by atoms with Crippen LogP contribution in [0.15, 0.2) is 59.1 Å². The average Bonchev–Trinajstić information content (AvgIpc) is 3.05. The van der Waals surface area contributed by atoms with Crippen molar-refractivity contribution >= 4 is 5.91 Å². The number of carbonyl (C=O) groups excluding carboxylic acids is 1. The van der Waals surface area contributed by atoms with Crippen LogP contribution in [-0.4, -0.2) is 16.0 Å². The van der Waals surface area contributed by atoms with Crippen molar-refractivity contribution < 1.29 is 14.1 Å². The molecule has 0 aliphatic heterocycles. The van der Waals surface area contributed by atoms with E-state index in [0.717, 1.165) is 5.56 Å². The summed E-state index contributed by atoms with van der Waals surface area (Å²) in [6, 6.07) is 17.1. The first kappa shape index (κ1) is 13.8. The number of benzene rings is 2. The molecule has 22 heavy (non-hydrogen) atoms. The molecule has 6 heteroatoms. The van der Waals surface area contributed by atoms with Crippen molar-refractivity contribution in [3.63, 3.8) is 0 Å². The lowest BCUT2D eigenvalue weighted by Crippen LogP contribution is -2.10. The Morgan fingerprint density at radius 2 is 1.95 bits per heavy atom. The Balaban J connectivity index is 1.75. The van der Waals surface area contributed by atoms with Crippen LogP contribution in [0.5, 0.6) is 5.75 Å². The minimum Gasteiger partial charge on any atom is -0.489 e. The number of ether oxygens (including phenoxy) is 1. The molecule has 1 amide bonds. The summed E-state index contributed by atoms with van der Waals surface area (Å²) in [6.45, 7) is 0.461. The van der Waals surface area contributed by atoms with Crippen LogP contribution in [-0.2, 0) is 6.61 Å². The first-order valence-corrected chi connectivity index (χ1v) is 6.63. The molecule has 6 nitrogen and oxygen atoms in total. The lowest BCUT2D eigenvalue weighted by Gasteiger charge is -2.06. The molecule has 0 radical (unpaired) electrons. The number of hydrogen-bond acceptors (Lipinski definition) is 5. The number of carbonyl (C=O) groups is 1. The van der Waals surface area contributed by atoms with Gasteiger partial charge in [-0.2, -0.15) is 4.98 Å². The molecule has 2 N–H and O–H groups in total. The van der Waals surface area contributed by atoms with Crippen LogP contribution in [0.4, 0.5) is 0 Å². The van der Waals surface area contributed by atoms with Gasteiger partial charge < -0.3 is 15.0 Å². The van der Waals surface area contributed by atoms with Crippen molar-refractivity contribution in [2.45, 2.75) is 6.61 Å². The van der Waals surface area contributed by atoms with Gasteiger partial charge in [0.25, 0.3) is 0 Å². The summed E-state index contributed by atoms with van der Waals surface area (Å²) in [7, 11) is 0. The van der Waals surface area contributed by atoms with E-state index in [-0.39, 0.29) is 5.89 Å². The first-order valence-electron chi connectivity index (χ1n) is 6.63. The number of nitrogens with zero attached hydrogens (tertiary/aromatic N) is 2. The maximum atomic E-state index is 11.0. The predicted molar refractivity (Wildman–Crippen MR) is 79.0 cm³/mol. The van der Waals surface area contributed by atoms with Crippen molar-refractivity contribution in [1.29, 1.82) is 0 Å². The summed E-state index contributed by atoms with van der Waals surface area (Å²) in [4.78, 5) is 14.9. The number of aromatic nitrogens is 2. The van der Waals surface area contributed by atoms with Gasteiger partial charge >= 0.3 is 11.8 Å². The van der Waals surface area contributed by atoms with E-state index in [4.69, 9.17) is 15.0 Å². The van der Waals surface area contributed by atoms with Gasteiger partial charge in [0.15, 0.2) is 0 Å². The molecule has 2 aromatic carbocycles. The van der Waals surface area contributed by atoms with Crippen LogP contribution < -0.4 is 10.5 Å². The Hall–Kier alpha value is -3.15. The predicted octanol–water partition coefficient (Wildman–Crippen LogP) is 2.41. The highest BCUT2D eigenvalue weighted by molar-refractivity contribution is 5.88. The Labute approximate surface area is 126 Å². The summed E-state index contributed by atoms with van der Waals surface area (Å²) in [5, 5.41) is 3.72. The third kappa shape index (κ3) is 3.12. The molecule has 3 rings (SSSR count). The molecule has 0 unspecified atom stereocenters. The topological polar surface area (TPSA) is 91.2 Å². The molecule has 1 aromatic heterocycles. The van der Waals surface area contributed by atoms with Gasteiger partial charge in [-0.05, 0) is 17.7 Å². The smallest absolute Gasteiger partial charge is 0.316 e. The van der Waals surface area contributed by atoms with E-state index in [2.05, 4.69) is 10.1 Å². The molecule has 1 heterocycles. The van der Waals surface area contributed by atoms with Gasteiger partial charge in [0.1, 0.15) is 12.4 Å². The van der Waals surface area contributed by atoms with E-state index in [1.807, 2.05) is 42.5 Å². The molecule has 0 atom stereocenters. The van der Waals surface area contributed by atoms with E-state index < -0.39 is 5.91 Å². The largest absolute Gasteiger partial charge is 0.489 e. The first-order chi connectivity index (χ1) is 10.7. The van der Waals surface area contributed by atoms with E-state index in [9.17, 15) is 4.79 Å². The normalized spacial score (nSPS) is 10.4. The summed E-state index contributed by atoms with van der Waals surface area (Å²) in [6.07, 6.45) is 0. The fourth-order valence-corrected chi connectivity index (χ4v) is 1.91. The molecule has 3 aromatic rings. The van der Waals surface area contributed by atoms with Gasteiger partial charge in [-0.15, -0.1) is 0 Å². The monoisotopic (exact) mass is 295 g/mol. The molecule has 0 aliphatic carbocycles. The molecule has 0 fully saturated rings. The van der Waals surface area contributed by atoms with E-state index in [1.165, 1.54) is 0 Å². The quantitative estimate of drug-likeness (QED) is 0.780. The Kier molecular flexibility index (Phi) is 3.82. The number of amides is 1. The average molecular weight is 295 g/mol. The minimum atomic E-state index is -0.754. The van der Waals surface area contributed by atoms with Crippen LogP contribution in [0.2, 0.25) is 0 Å². The maximum Gasteiger partial charge on any atom is 0.316 e. The van der Waals surface area contributed by atoms with Gasteiger partial charge in [0.05, 0.1) is 0 Å². The van der Waals surface area contributed by atoms with Crippen molar-refractivity contribution in [3.05, 3.63) is 66.1 Å².